The minimum Gasteiger partial charge on any atom is -0.378 e. The molecule has 3 rings (SSSR count). The molecule has 2 saturated heterocycles. The van der Waals surface area contributed by atoms with Crippen molar-refractivity contribution >= 4 is 5.91 Å². The third-order valence-corrected chi connectivity index (χ3v) is 4.78. The van der Waals surface area contributed by atoms with Crippen LogP contribution >= 0.6 is 0 Å². The first-order valence-corrected chi connectivity index (χ1v) is 8.43. The van der Waals surface area contributed by atoms with Gasteiger partial charge in [-0.25, -0.2) is 0 Å². The number of piperidine rings is 1. The van der Waals surface area contributed by atoms with E-state index in [1.165, 1.54) is 5.56 Å². The van der Waals surface area contributed by atoms with E-state index in [-0.39, 0.29) is 0 Å². The van der Waals surface area contributed by atoms with Crippen molar-refractivity contribution in [2.24, 2.45) is 5.92 Å². The lowest BCUT2D eigenvalue weighted by molar-refractivity contribution is -0.136. The number of hydrogen-bond acceptors (Lipinski definition) is 3. The molecule has 0 bridgehead atoms. The number of hydrogen-bond donors (Lipinski definition) is 0. The highest BCUT2D eigenvalue weighted by Crippen LogP contribution is 2.23. The molecule has 2 aliphatic rings. The van der Waals surface area contributed by atoms with E-state index in [1.54, 1.807) is 0 Å². The van der Waals surface area contributed by atoms with Crippen LogP contribution in [0.25, 0.3) is 0 Å². The molecule has 0 spiro atoms. The maximum Gasteiger partial charge on any atom is 0.223 e. The first-order valence-electron chi connectivity index (χ1n) is 8.43. The van der Waals surface area contributed by atoms with Crippen LogP contribution in [0.2, 0.25) is 0 Å². The predicted octanol–water partition coefficient (Wildman–Crippen LogP) is 2.15. The molecule has 0 radical (unpaired) electrons. The van der Waals surface area contributed by atoms with Gasteiger partial charge in [0, 0.05) is 26.1 Å². The Morgan fingerprint density at radius 2 is 1.73 bits per heavy atom. The van der Waals surface area contributed by atoms with E-state index < -0.39 is 0 Å². The molecule has 0 atom stereocenters. The second-order valence-corrected chi connectivity index (χ2v) is 6.40. The molecule has 1 aromatic rings. The first-order chi connectivity index (χ1) is 10.8. The van der Waals surface area contributed by atoms with Crippen molar-refractivity contribution in [2.45, 2.75) is 25.8 Å². The Bertz CT molecular complexity index is 463. The first kappa shape index (κ1) is 15.5. The molecular formula is C18H26N2O2. The smallest absolute Gasteiger partial charge is 0.223 e. The molecule has 4 heteroatoms. The van der Waals surface area contributed by atoms with Gasteiger partial charge in [0.05, 0.1) is 13.2 Å². The van der Waals surface area contributed by atoms with Gasteiger partial charge in [-0.3, -0.25) is 9.69 Å². The number of nitrogens with zero attached hydrogens (tertiary/aromatic N) is 2. The molecule has 2 heterocycles. The van der Waals surface area contributed by atoms with Gasteiger partial charge in [-0.1, -0.05) is 30.3 Å². The minimum atomic E-state index is 0.324. The van der Waals surface area contributed by atoms with Gasteiger partial charge in [0.1, 0.15) is 0 Å². The largest absolute Gasteiger partial charge is 0.378 e. The minimum absolute atomic E-state index is 0.324. The molecule has 0 saturated carbocycles. The fraction of sp³-hybridized carbons (Fsp3) is 0.611. The zero-order chi connectivity index (χ0) is 15.2. The van der Waals surface area contributed by atoms with Crippen LogP contribution in [-0.2, 0) is 16.1 Å². The van der Waals surface area contributed by atoms with Gasteiger partial charge < -0.3 is 9.64 Å². The fourth-order valence-electron chi connectivity index (χ4n) is 3.38. The quantitative estimate of drug-likeness (QED) is 0.854. The van der Waals surface area contributed by atoms with Crippen LogP contribution in [0.3, 0.4) is 0 Å². The monoisotopic (exact) mass is 302 g/mol. The lowest BCUT2D eigenvalue weighted by Gasteiger charge is -2.33. The third kappa shape index (κ3) is 4.31. The SMILES string of the molecule is O=C(CC1CCN(Cc2ccccc2)CC1)N1CCOCC1. The maximum absolute atomic E-state index is 12.3. The van der Waals surface area contributed by atoms with E-state index >= 15 is 0 Å². The van der Waals surface area contributed by atoms with Crippen LogP contribution in [0, 0.1) is 5.92 Å². The molecule has 0 N–H and O–H groups in total. The van der Waals surface area contributed by atoms with Crippen LogP contribution in [0.1, 0.15) is 24.8 Å². The summed E-state index contributed by atoms with van der Waals surface area (Å²) in [6, 6.07) is 10.6. The Hall–Kier alpha value is -1.39. The second-order valence-electron chi connectivity index (χ2n) is 6.40. The summed E-state index contributed by atoms with van der Waals surface area (Å²) >= 11 is 0. The van der Waals surface area contributed by atoms with E-state index in [9.17, 15) is 4.79 Å². The number of ether oxygens (including phenoxy) is 1. The summed E-state index contributed by atoms with van der Waals surface area (Å²) in [5.41, 5.74) is 1.38. The van der Waals surface area contributed by atoms with Crippen molar-refractivity contribution in [3.05, 3.63) is 35.9 Å². The van der Waals surface area contributed by atoms with Crippen LogP contribution < -0.4 is 0 Å². The predicted molar refractivity (Wildman–Crippen MR) is 86.5 cm³/mol. The Balaban J connectivity index is 1.40. The van der Waals surface area contributed by atoms with Crippen molar-refractivity contribution in [1.82, 2.24) is 9.80 Å². The number of carbonyl (C=O) groups is 1. The third-order valence-electron chi connectivity index (χ3n) is 4.78. The van der Waals surface area contributed by atoms with Crippen molar-refractivity contribution < 1.29 is 9.53 Å². The fourth-order valence-corrected chi connectivity index (χ4v) is 3.38. The van der Waals surface area contributed by atoms with Crippen LogP contribution in [0.5, 0.6) is 0 Å². The average molecular weight is 302 g/mol. The Kier molecular flexibility index (Phi) is 5.46. The van der Waals surface area contributed by atoms with Gasteiger partial charge in [0.25, 0.3) is 0 Å². The summed E-state index contributed by atoms with van der Waals surface area (Å²) in [7, 11) is 0. The van der Waals surface area contributed by atoms with Crippen molar-refractivity contribution in [2.75, 3.05) is 39.4 Å². The van der Waals surface area contributed by atoms with E-state index in [4.69, 9.17) is 4.74 Å². The van der Waals surface area contributed by atoms with Gasteiger partial charge in [-0.05, 0) is 37.4 Å². The molecule has 22 heavy (non-hydrogen) atoms. The zero-order valence-corrected chi connectivity index (χ0v) is 13.2. The molecule has 2 aliphatic heterocycles. The van der Waals surface area contributed by atoms with E-state index in [0.29, 0.717) is 25.0 Å². The molecule has 0 aromatic heterocycles. The number of likely N-dealkylation sites (tertiary alicyclic amines) is 1. The average Bonchev–Trinajstić information content (AvgIpc) is 2.58. The summed E-state index contributed by atoms with van der Waals surface area (Å²) in [6.07, 6.45) is 3.00. The lowest BCUT2D eigenvalue weighted by atomic mass is 9.92. The molecule has 120 valence electrons. The Labute approximate surface area is 133 Å². The van der Waals surface area contributed by atoms with Gasteiger partial charge in [-0.2, -0.15) is 0 Å². The summed E-state index contributed by atoms with van der Waals surface area (Å²) < 4.78 is 5.31. The summed E-state index contributed by atoms with van der Waals surface area (Å²) in [5.74, 6) is 0.882. The molecule has 1 aromatic carbocycles. The van der Waals surface area contributed by atoms with Gasteiger partial charge in [-0.15, -0.1) is 0 Å². The number of carbonyl (C=O) groups excluding carboxylic acids is 1. The summed E-state index contributed by atoms with van der Waals surface area (Å²) in [4.78, 5) is 16.8. The molecule has 1 amide bonds. The Morgan fingerprint density at radius 1 is 1.05 bits per heavy atom. The maximum atomic E-state index is 12.3. The van der Waals surface area contributed by atoms with Gasteiger partial charge in [0.15, 0.2) is 0 Å². The Morgan fingerprint density at radius 3 is 2.41 bits per heavy atom. The number of morpholine rings is 1. The molecule has 4 nitrogen and oxygen atoms in total. The highest BCUT2D eigenvalue weighted by molar-refractivity contribution is 5.76. The number of amides is 1. The van der Waals surface area contributed by atoms with Crippen molar-refractivity contribution in [1.29, 1.82) is 0 Å². The topological polar surface area (TPSA) is 32.8 Å². The highest BCUT2D eigenvalue weighted by Gasteiger charge is 2.24. The number of rotatable bonds is 4. The molecular weight excluding hydrogens is 276 g/mol. The second kappa shape index (κ2) is 7.75. The van der Waals surface area contributed by atoms with Crippen LogP contribution in [-0.4, -0.2) is 55.1 Å². The lowest BCUT2D eigenvalue weighted by Crippen LogP contribution is -2.42. The zero-order valence-electron chi connectivity index (χ0n) is 13.2. The van der Waals surface area contributed by atoms with Gasteiger partial charge in [0.2, 0.25) is 5.91 Å². The van der Waals surface area contributed by atoms with Crippen LogP contribution in [0.15, 0.2) is 30.3 Å². The van der Waals surface area contributed by atoms with Crippen LogP contribution in [0.4, 0.5) is 0 Å². The summed E-state index contributed by atoms with van der Waals surface area (Å²) in [5, 5.41) is 0. The van der Waals surface area contributed by atoms with Gasteiger partial charge >= 0.3 is 0 Å². The van der Waals surface area contributed by atoms with E-state index in [1.807, 2.05) is 4.90 Å². The standard InChI is InChI=1S/C18H26N2O2/c21-18(20-10-12-22-13-11-20)14-16-6-8-19(9-7-16)15-17-4-2-1-3-5-17/h1-5,16H,6-15H2. The molecule has 0 unspecified atom stereocenters. The normalized spacial score (nSPS) is 21.0. The highest BCUT2D eigenvalue weighted by atomic mass is 16.5. The van der Waals surface area contributed by atoms with Crippen molar-refractivity contribution in [3.8, 4) is 0 Å². The molecule has 2 fully saturated rings. The molecule has 0 aliphatic carbocycles. The summed E-state index contributed by atoms with van der Waals surface area (Å²) in [6.45, 7) is 6.18. The van der Waals surface area contributed by atoms with E-state index in [0.717, 1.165) is 52.0 Å². The number of benzene rings is 1. The van der Waals surface area contributed by atoms with Crippen molar-refractivity contribution in [3.63, 3.8) is 0 Å². The van der Waals surface area contributed by atoms with E-state index in [2.05, 4.69) is 35.2 Å².